The molecule has 1 saturated heterocycles. The highest BCUT2D eigenvalue weighted by Gasteiger charge is 2.54. The van der Waals surface area contributed by atoms with Crippen molar-refractivity contribution in [1.82, 2.24) is 0 Å². The van der Waals surface area contributed by atoms with Crippen LogP contribution in [0.2, 0.25) is 0 Å². The van der Waals surface area contributed by atoms with E-state index < -0.39 is 0 Å². The third-order valence-electron chi connectivity index (χ3n) is 7.55. The molecule has 0 N–H and O–H groups in total. The maximum Gasteiger partial charge on any atom is 0.155 e. The van der Waals surface area contributed by atoms with E-state index in [0.29, 0.717) is 35.9 Å². The zero-order chi connectivity index (χ0) is 20.0. The van der Waals surface area contributed by atoms with Gasteiger partial charge in [-0.25, -0.2) is 0 Å². The third kappa shape index (κ3) is 4.56. The average molecular weight is 401 g/mol. The monoisotopic (exact) mass is 400 g/mol. The summed E-state index contributed by atoms with van der Waals surface area (Å²) in [5.41, 5.74) is 0.395. The van der Waals surface area contributed by atoms with Crippen molar-refractivity contribution in [2.24, 2.45) is 34.5 Å². The van der Waals surface area contributed by atoms with Gasteiger partial charge in [-0.1, -0.05) is 41.5 Å². The maximum atomic E-state index is 6.47. The van der Waals surface area contributed by atoms with Crippen molar-refractivity contribution < 1.29 is 18.5 Å². The van der Waals surface area contributed by atoms with Gasteiger partial charge in [0.05, 0.1) is 24.4 Å². The second-order valence-corrected chi connectivity index (χ2v) is 11.8. The molecule has 0 spiro atoms. The van der Waals surface area contributed by atoms with Crippen LogP contribution in [0.15, 0.2) is 0 Å². The molecule has 27 heavy (non-hydrogen) atoms. The van der Waals surface area contributed by atoms with Crippen LogP contribution >= 0.6 is 9.03 Å². The van der Waals surface area contributed by atoms with E-state index in [2.05, 4.69) is 41.5 Å². The Balaban J connectivity index is 1.96. The van der Waals surface area contributed by atoms with E-state index in [1.54, 1.807) is 0 Å². The van der Waals surface area contributed by atoms with Crippen LogP contribution in [0.1, 0.15) is 67.2 Å². The smallest absolute Gasteiger partial charge is 0.155 e. The lowest BCUT2D eigenvalue weighted by molar-refractivity contribution is -0.120. The van der Waals surface area contributed by atoms with Gasteiger partial charge in [-0.3, -0.25) is 0 Å². The fraction of sp³-hybridized carbons (Fsp3) is 1.00. The topological polar surface area (TPSA) is 36.9 Å². The molecule has 2 aliphatic carbocycles. The zero-order valence-corrected chi connectivity index (χ0v) is 19.6. The molecule has 158 valence electrons. The van der Waals surface area contributed by atoms with Crippen LogP contribution in [0.4, 0.5) is 0 Å². The summed E-state index contributed by atoms with van der Waals surface area (Å²) in [5, 5.41) is 0. The molecule has 0 bridgehead atoms. The normalized spacial score (nSPS) is 44.4. The van der Waals surface area contributed by atoms with Crippen molar-refractivity contribution in [1.29, 1.82) is 0 Å². The molecule has 0 aromatic rings. The van der Waals surface area contributed by atoms with Crippen molar-refractivity contribution in [3.8, 4) is 0 Å². The van der Waals surface area contributed by atoms with Gasteiger partial charge < -0.3 is 18.5 Å². The fourth-order valence-corrected chi connectivity index (χ4v) is 6.85. The van der Waals surface area contributed by atoms with Crippen molar-refractivity contribution in [3.63, 3.8) is 0 Å². The third-order valence-corrected chi connectivity index (χ3v) is 8.29. The minimum atomic E-state index is 0.149. The van der Waals surface area contributed by atoms with Crippen LogP contribution in [-0.2, 0) is 18.5 Å². The van der Waals surface area contributed by atoms with Gasteiger partial charge in [-0.15, -0.1) is 0 Å². The Bertz CT molecular complexity index is 454. The van der Waals surface area contributed by atoms with E-state index in [0.717, 1.165) is 25.7 Å². The molecule has 3 rings (SSSR count). The van der Waals surface area contributed by atoms with E-state index in [9.17, 15) is 0 Å². The number of methoxy groups -OCH3 is 2. The first-order valence-electron chi connectivity index (χ1n) is 10.7. The predicted octanol–water partition coefficient (Wildman–Crippen LogP) is 5.45. The number of rotatable bonds is 2. The van der Waals surface area contributed by atoms with Crippen molar-refractivity contribution in [2.75, 3.05) is 14.2 Å². The quantitative estimate of drug-likeness (QED) is 0.577. The Morgan fingerprint density at radius 2 is 1.04 bits per heavy atom. The largest absolute Gasteiger partial charge is 0.381 e. The standard InChI is InChI=1S/C22H41O4P/c1-21(2,3)17-11-13(23-7)9-15-16-10-14(24-8)12-18(22(4,5)6)20(16)26-27-25-19(15)17/h13-20,27H,9-12H2,1-8H3. The van der Waals surface area contributed by atoms with Crippen LogP contribution in [0.25, 0.3) is 0 Å². The van der Waals surface area contributed by atoms with Gasteiger partial charge in [-0.05, 0) is 60.2 Å². The van der Waals surface area contributed by atoms with E-state index >= 15 is 0 Å². The molecule has 5 heteroatoms. The second kappa shape index (κ2) is 8.19. The van der Waals surface area contributed by atoms with E-state index in [1.807, 2.05) is 14.2 Å². The highest BCUT2D eigenvalue weighted by atomic mass is 31.1. The van der Waals surface area contributed by atoms with Gasteiger partial charge in [0.25, 0.3) is 0 Å². The maximum absolute atomic E-state index is 6.47. The summed E-state index contributed by atoms with van der Waals surface area (Å²) in [5.74, 6) is 1.95. The average Bonchev–Trinajstić information content (AvgIpc) is 2.77. The first-order valence-corrected chi connectivity index (χ1v) is 11.5. The SMILES string of the molecule is COC1CC2C3CC(OC)CC(C(C)(C)C)C3OPOC2C(C(C)(C)C)C1. The molecule has 4 nitrogen and oxygen atoms in total. The van der Waals surface area contributed by atoms with E-state index in [-0.39, 0.29) is 32.1 Å². The minimum Gasteiger partial charge on any atom is -0.381 e. The Kier molecular flexibility index (Phi) is 6.66. The van der Waals surface area contributed by atoms with Gasteiger partial charge in [0, 0.05) is 14.2 Å². The number of ether oxygens (including phenoxy) is 2. The summed E-state index contributed by atoms with van der Waals surface area (Å²) in [6.45, 7) is 14.1. The van der Waals surface area contributed by atoms with Crippen LogP contribution in [0.5, 0.6) is 0 Å². The van der Waals surface area contributed by atoms with Crippen LogP contribution in [-0.4, -0.2) is 38.6 Å². The molecule has 3 aliphatic rings. The molecule has 3 fully saturated rings. The molecular formula is C22H41O4P. The Morgan fingerprint density at radius 1 is 0.667 bits per heavy atom. The molecule has 2 saturated carbocycles. The van der Waals surface area contributed by atoms with Crippen LogP contribution in [0, 0.1) is 34.5 Å². The molecule has 8 unspecified atom stereocenters. The highest BCUT2D eigenvalue weighted by molar-refractivity contribution is 7.26. The van der Waals surface area contributed by atoms with Gasteiger partial charge in [0.2, 0.25) is 0 Å². The second-order valence-electron chi connectivity index (χ2n) is 11.2. The molecule has 1 heterocycles. The van der Waals surface area contributed by atoms with E-state index in [1.165, 1.54) is 0 Å². The van der Waals surface area contributed by atoms with Crippen molar-refractivity contribution in [2.45, 2.75) is 91.6 Å². The first-order chi connectivity index (χ1) is 12.6. The van der Waals surface area contributed by atoms with Gasteiger partial charge in [0.1, 0.15) is 0 Å². The number of hydrogen-bond donors (Lipinski definition) is 0. The zero-order valence-electron chi connectivity index (χ0n) is 18.6. The minimum absolute atomic E-state index is 0.149. The van der Waals surface area contributed by atoms with E-state index in [4.69, 9.17) is 18.5 Å². The Morgan fingerprint density at radius 3 is 1.33 bits per heavy atom. The Labute approximate surface area is 168 Å². The molecule has 0 amide bonds. The number of fused-ring (bicyclic) bond motifs is 3. The molecular weight excluding hydrogens is 359 g/mol. The van der Waals surface area contributed by atoms with Gasteiger partial charge in [0.15, 0.2) is 9.03 Å². The van der Waals surface area contributed by atoms with Crippen molar-refractivity contribution >= 4 is 9.03 Å². The summed E-state index contributed by atoms with van der Waals surface area (Å²) >= 11 is 0. The van der Waals surface area contributed by atoms with Crippen LogP contribution < -0.4 is 0 Å². The lowest BCUT2D eigenvalue weighted by Crippen LogP contribution is -2.53. The highest BCUT2D eigenvalue weighted by Crippen LogP contribution is 2.56. The van der Waals surface area contributed by atoms with Crippen LogP contribution in [0.3, 0.4) is 0 Å². The van der Waals surface area contributed by atoms with Gasteiger partial charge in [-0.2, -0.15) is 0 Å². The van der Waals surface area contributed by atoms with Crippen molar-refractivity contribution in [3.05, 3.63) is 0 Å². The molecule has 0 radical (unpaired) electrons. The van der Waals surface area contributed by atoms with Gasteiger partial charge >= 0.3 is 0 Å². The summed E-state index contributed by atoms with van der Waals surface area (Å²) in [6.07, 6.45) is 5.49. The Hall–Kier alpha value is 0.270. The lowest BCUT2D eigenvalue weighted by Gasteiger charge is -2.52. The predicted molar refractivity (Wildman–Crippen MR) is 111 cm³/mol. The summed E-state index contributed by atoms with van der Waals surface area (Å²) < 4.78 is 24.8. The lowest BCUT2D eigenvalue weighted by atomic mass is 9.57. The fourth-order valence-electron chi connectivity index (χ4n) is 5.89. The summed E-state index contributed by atoms with van der Waals surface area (Å²) in [4.78, 5) is 0. The summed E-state index contributed by atoms with van der Waals surface area (Å²) in [6, 6.07) is 0. The number of hydrogen-bond acceptors (Lipinski definition) is 4. The first kappa shape index (κ1) is 22.0. The summed E-state index contributed by atoms with van der Waals surface area (Å²) in [7, 11) is 3.89. The molecule has 8 atom stereocenters. The molecule has 0 aromatic carbocycles. The molecule has 1 aliphatic heterocycles. The molecule has 0 aromatic heterocycles.